The Morgan fingerprint density at radius 3 is 2.07 bits per heavy atom. The summed E-state index contributed by atoms with van der Waals surface area (Å²) in [5.74, 6) is 0.208. The quantitative estimate of drug-likeness (QED) is 0.584. The van der Waals surface area contributed by atoms with Gasteiger partial charge in [-0.25, -0.2) is 0 Å². The first-order chi connectivity index (χ1) is 14.4. The van der Waals surface area contributed by atoms with Crippen LogP contribution in [-0.2, 0) is 20.6 Å². The van der Waals surface area contributed by atoms with E-state index in [-0.39, 0.29) is 11.8 Å². The van der Waals surface area contributed by atoms with E-state index in [1.807, 2.05) is 73.7 Å². The average Bonchev–Trinajstić information content (AvgIpc) is 3.28. The zero-order chi connectivity index (χ0) is 20.8. The first kappa shape index (κ1) is 17.3. The SMILES string of the molecule is Cc1ccc2c(c1)C1(C(=O)N(C)c3ccccc31)C1(O2)C(=O)N(C)c2ccccc21. The molecule has 0 aromatic heterocycles. The predicted molar refractivity (Wildman–Crippen MR) is 114 cm³/mol. The van der Waals surface area contributed by atoms with Gasteiger partial charge in [0.15, 0.2) is 5.41 Å². The third kappa shape index (κ3) is 1.60. The van der Waals surface area contributed by atoms with Crippen LogP contribution in [0, 0.1) is 6.92 Å². The third-order valence-corrected chi connectivity index (χ3v) is 6.88. The van der Waals surface area contributed by atoms with Crippen molar-refractivity contribution in [3.8, 4) is 5.75 Å². The van der Waals surface area contributed by atoms with Gasteiger partial charge in [-0.3, -0.25) is 9.59 Å². The van der Waals surface area contributed by atoms with Gasteiger partial charge in [0.2, 0.25) is 11.5 Å². The van der Waals surface area contributed by atoms with Gasteiger partial charge in [0, 0.05) is 36.5 Å². The van der Waals surface area contributed by atoms with Gasteiger partial charge >= 0.3 is 0 Å². The van der Waals surface area contributed by atoms with Gasteiger partial charge in [0.1, 0.15) is 5.75 Å². The lowest BCUT2D eigenvalue weighted by molar-refractivity contribution is -0.142. The van der Waals surface area contributed by atoms with Crippen LogP contribution < -0.4 is 14.5 Å². The Kier molecular flexibility index (Phi) is 3.05. The van der Waals surface area contributed by atoms with Gasteiger partial charge in [-0.1, -0.05) is 54.1 Å². The summed E-state index contributed by atoms with van der Waals surface area (Å²) < 4.78 is 6.59. The second-order valence-electron chi connectivity index (χ2n) is 8.30. The maximum atomic E-state index is 14.2. The number of aryl methyl sites for hydroxylation is 1. The number of amides is 2. The monoisotopic (exact) mass is 396 g/mol. The Hall–Kier alpha value is -3.60. The molecule has 0 bridgehead atoms. The number of fused-ring (bicyclic) bond motifs is 7. The highest BCUT2D eigenvalue weighted by atomic mass is 16.5. The zero-order valence-electron chi connectivity index (χ0n) is 17.0. The summed E-state index contributed by atoms with van der Waals surface area (Å²) in [5, 5.41) is 0. The van der Waals surface area contributed by atoms with E-state index in [2.05, 4.69) is 0 Å². The van der Waals surface area contributed by atoms with Gasteiger partial charge < -0.3 is 14.5 Å². The van der Waals surface area contributed by atoms with Crippen molar-refractivity contribution >= 4 is 23.2 Å². The van der Waals surface area contributed by atoms with Crippen molar-refractivity contribution in [2.75, 3.05) is 23.9 Å². The lowest BCUT2D eigenvalue weighted by atomic mass is 9.62. The van der Waals surface area contributed by atoms with Crippen LogP contribution >= 0.6 is 0 Å². The molecule has 0 aliphatic carbocycles. The summed E-state index contributed by atoms with van der Waals surface area (Å²) in [6, 6.07) is 21.1. The van der Waals surface area contributed by atoms with Gasteiger partial charge in [0.25, 0.3) is 5.91 Å². The molecular weight excluding hydrogens is 376 g/mol. The van der Waals surface area contributed by atoms with Crippen molar-refractivity contribution in [3.63, 3.8) is 0 Å². The van der Waals surface area contributed by atoms with Crippen LogP contribution in [0.5, 0.6) is 5.75 Å². The van der Waals surface area contributed by atoms with Gasteiger partial charge in [0.05, 0.1) is 5.69 Å². The number of hydrogen-bond donors (Lipinski definition) is 0. The minimum absolute atomic E-state index is 0.147. The fourth-order valence-corrected chi connectivity index (χ4v) is 5.60. The molecule has 0 N–H and O–H groups in total. The summed E-state index contributed by atoms with van der Waals surface area (Å²) in [7, 11) is 3.52. The maximum Gasteiger partial charge on any atom is 0.277 e. The van der Waals surface area contributed by atoms with E-state index in [9.17, 15) is 9.59 Å². The van der Waals surface area contributed by atoms with E-state index in [4.69, 9.17) is 4.74 Å². The first-order valence-corrected chi connectivity index (χ1v) is 10.00. The highest BCUT2D eigenvalue weighted by Crippen LogP contribution is 2.66. The summed E-state index contributed by atoms with van der Waals surface area (Å²) >= 11 is 0. The molecule has 0 fully saturated rings. The van der Waals surface area contributed by atoms with E-state index >= 15 is 0 Å². The Morgan fingerprint density at radius 1 is 0.733 bits per heavy atom. The fourth-order valence-electron chi connectivity index (χ4n) is 5.60. The van der Waals surface area contributed by atoms with Crippen molar-refractivity contribution in [2.45, 2.75) is 17.9 Å². The van der Waals surface area contributed by atoms with Gasteiger partial charge in [-0.05, 0) is 25.1 Å². The number of ether oxygens (including phenoxy) is 1. The molecule has 5 nitrogen and oxygen atoms in total. The van der Waals surface area contributed by atoms with E-state index < -0.39 is 11.0 Å². The van der Waals surface area contributed by atoms with Crippen molar-refractivity contribution < 1.29 is 14.3 Å². The molecule has 3 aliphatic rings. The molecule has 2 atom stereocenters. The average molecular weight is 396 g/mol. The second kappa shape index (κ2) is 5.30. The lowest BCUT2D eigenvalue weighted by Gasteiger charge is -2.37. The normalized spacial score (nSPS) is 25.7. The van der Waals surface area contributed by atoms with Gasteiger partial charge in [-0.15, -0.1) is 0 Å². The molecule has 6 rings (SSSR count). The van der Waals surface area contributed by atoms with Crippen molar-refractivity contribution in [2.24, 2.45) is 0 Å². The molecule has 3 heterocycles. The summed E-state index contributed by atoms with van der Waals surface area (Å²) in [5.41, 5.74) is 2.11. The van der Waals surface area contributed by atoms with E-state index in [0.717, 1.165) is 33.6 Å². The molecule has 148 valence electrons. The predicted octanol–water partition coefficient (Wildman–Crippen LogP) is 3.52. The number of rotatable bonds is 0. The van der Waals surface area contributed by atoms with Crippen LogP contribution in [0.1, 0.15) is 22.3 Å². The number of nitrogens with zero attached hydrogens (tertiary/aromatic N) is 2. The Labute approximate surface area is 174 Å². The molecule has 0 saturated carbocycles. The number of para-hydroxylation sites is 2. The molecule has 5 heteroatoms. The van der Waals surface area contributed by atoms with E-state index in [1.165, 1.54) is 0 Å². The molecule has 2 amide bonds. The summed E-state index contributed by atoms with van der Waals surface area (Å²) in [4.78, 5) is 31.4. The van der Waals surface area contributed by atoms with Crippen LogP contribution in [0.3, 0.4) is 0 Å². The number of benzene rings is 3. The molecule has 0 saturated heterocycles. The van der Waals surface area contributed by atoms with Crippen LogP contribution in [0.4, 0.5) is 11.4 Å². The van der Waals surface area contributed by atoms with Crippen LogP contribution in [0.2, 0.25) is 0 Å². The highest BCUT2D eigenvalue weighted by Gasteiger charge is 2.76. The van der Waals surface area contributed by atoms with Crippen LogP contribution in [0.15, 0.2) is 66.7 Å². The third-order valence-electron chi connectivity index (χ3n) is 6.88. The van der Waals surface area contributed by atoms with E-state index in [0.29, 0.717) is 5.75 Å². The molecule has 0 radical (unpaired) electrons. The fraction of sp³-hybridized carbons (Fsp3) is 0.200. The Bertz CT molecular complexity index is 1280. The van der Waals surface area contributed by atoms with Crippen molar-refractivity contribution in [1.82, 2.24) is 0 Å². The number of carbonyl (C=O) groups excluding carboxylic acids is 2. The number of anilines is 2. The standard InChI is InChI=1S/C25H20N2O3/c1-15-12-13-21-18(14-15)24(16-8-4-6-10-19(16)26(2)22(24)28)25(30-21)17-9-5-7-11-20(17)27(3)23(25)29/h4-14H,1-3H3. The molecule has 3 aromatic carbocycles. The summed E-state index contributed by atoms with van der Waals surface area (Å²) in [6.07, 6.45) is 0. The topological polar surface area (TPSA) is 49.9 Å². The summed E-state index contributed by atoms with van der Waals surface area (Å²) in [6.45, 7) is 1.99. The smallest absolute Gasteiger partial charge is 0.277 e. The maximum absolute atomic E-state index is 14.2. The molecule has 3 aromatic rings. The second-order valence-corrected chi connectivity index (χ2v) is 8.30. The van der Waals surface area contributed by atoms with Crippen molar-refractivity contribution in [1.29, 1.82) is 0 Å². The molecular formula is C25H20N2O3. The van der Waals surface area contributed by atoms with Gasteiger partial charge in [-0.2, -0.15) is 0 Å². The first-order valence-electron chi connectivity index (χ1n) is 10.00. The van der Waals surface area contributed by atoms with Crippen LogP contribution in [0.25, 0.3) is 0 Å². The Balaban J connectivity index is 1.82. The van der Waals surface area contributed by atoms with Crippen LogP contribution in [-0.4, -0.2) is 25.9 Å². The Morgan fingerprint density at radius 2 is 1.33 bits per heavy atom. The number of carbonyl (C=O) groups is 2. The number of hydrogen-bond acceptors (Lipinski definition) is 3. The number of likely N-dealkylation sites (N-methyl/N-ethyl adjacent to an activating group) is 2. The molecule has 2 unspecified atom stereocenters. The van der Waals surface area contributed by atoms with E-state index in [1.54, 1.807) is 23.9 Å². The highest BCUT2D eigenvalue weighted by molar-refractivity contribution is 6.20. The largest absolute Gasteiger partial charge is 0.470 e. The molecule has 3 aliphatic heterocycles. The molecule has 30 heavy (non-hydrogen) atoms. The minimum atomic E-state index is -1.48. The lowest BCUT2D eigenvalue weighted by Crippen LogP contribution is -2.59. The molecule has 2 spiro atoms. The zero-order valence-corrected chi connectivity index (χ0v) is 17.0. The van der Waals surface area contributed by atoms with Crippen molar-refractivity contribution in [3.05, 3.63) is 89.0 Å². The minimum Gasteiger partial charge on any atom is -0.470 e.